The molecule has 0 heterocycles. The Morgan fingerprint density at radius 2 is 1.72 bits per heavy atom. The molecule has 0 aromatic heterocycles. The first kappa shape index (κ1) is 27.8. The predicted molar refractivity (Wildman–Crippen MR) is 129 cm³/mol. The number of carboxylic acid groups (broad SMARTS) is 1. The van der Waals surface area contributed by atoms with Gasteiger partial charge in [-0.1, -0.05) is 71.0 Å². The van der Waals surface area contributed by atoms with E-state index in [1.54, 1.807) is 27.2 Å². The molecule has 1 aromatic rings. The molecular formula is C25H41N3O4. The lowest BCUT2D eigenvalue weighted by Crippen LogP contribution is -2.62. The van der Waals surface area contributed by atoms with Crippen molar-refractivity contribution in [1.29, 1.82) is 0 Å². The van der Waals surface area contributed by atoms with Crippen LogP contribution in [0, 0.1) is 5.41 Å². The third kappa shape index (κ3) is 7.15. The second-order valence-corrected chi connectivity index (χ2v) is 9.92. The highest BCUT2D eigenvalue weighted by Crippen LogP contribution is 2.29. The zero-order valence-corrected chi connectivity index (χ0v) is 21.0. The highest BCUT2D eigenvalue weighted by atomic mass is 16.5. The molecule has 1 rings (SSSR count). The maximum absolute atomic E-state index is 13.5. The topological polar surface area (TPSA) is 90.9 Å². The van der Waals surface area contributed by atoms with E-state index in [0.29, 0.717) is 6.54 Å². The lowest BCUT2D eigenvalue weighted by Gasteiger charge is -2.42. The predicted octanol–water partition coefficient (Wildman–Crippen LogP) is 3.02. The lowest BCUT2D eigenvalue weighted by molar-refractivity contribution is -0.132. The molecule has 7 heteroatoms. The van der Waals surface area contributed by atoms with E-state index in [9.17, 15) is 9.59 Å². The van der Waals surface area contributed by atoms with Crippen LogP contribution in [0.5, 0.6) is 0 Å². The summed E-state index contributed by atoms with van der Waals surface area (Å²) in [5.41, 5.74) is 0.573. The molecule has 3 atom stereocenters. The fourth-order valence-corrected chi connectivity index (χ4v) is 3.85. The molecule has 0 radical (unpaired) electrons. The van der Waals surface area contributed by atoms with E-state index in [2.05, 4.69) is 24.5 Å². The second-order valence-electron chi connectivity index (χ2n) is 9.92. The zero-order valence-electron chi connectivity index (χ0n) is 21.0. The van der Waals surface area contributed by atoms with Gasteiger partial charge in [-0.3, -0.25) is 9.69 Å². The number of hydrogen-bond acceptors (Lipinski definition) is 5. The molecule has 0 spiro atoms. The van der Waals surface area contributed by atoms with Gasteiger partial charge in [0.15, 0.2) is 0 Å². The molecule has 0 aliphatic heterocycles. The van der Waals surface area contributed by atoms with E-state index in [1.165, 1.54) is 0 Å². The van der Waals surface area contributed by atoms with Crippen LogP contribution in [-0.2, 0) is 19.7 Å². The highest BCUT2D eigenvalue weighted by molar-refractivity contribution is 5.85. The molecule has 0 fully saturated rings. The van der Waals surface area contributed by atoms with Crippen LogP contribution in [0.1, 0.15) is 47.1 Å². The van der Waals surface area contributed by atoms with Crippen LogP contribution >= 0.6 is 0 Å². The van der Waals surface area contributed by atoms with Gasteiger partial charge in [-0.15, -0.1) is 0 Å². The van der Waals surface area contributed by atoms with E-state index in [4.69, 9.17) is 9.84 Å². The smallest absolute Gasteiger partial charge is 0.330 e. The molecule has 1 aromatic carbocycles. The van der Waals surface area contributed by atoms with E-state index in [-0.39, 0.29) is 22.9 Å². The van der Waals surface area contributed by atoms with Crippen LogP contribution < -0.4 is 10.6 Å². The summed E-state index contributed by atoms with van der Waals surface area (Å²) >= 11 is 0. The van der Waals surface area contributed by atoms with Gasteiger partial charge in [0, 0.05) is 24.6 Å². The number of methoxy groups -OCH3 is 1. The standard InChI is InChI=1S/C25H41N3O4/c1-17(23(30)31)15-16-28(8)22(32-9)20(24(2,3)4)27-21(29)19(26-7)25(5,6)18-13-11-10-12-14-18/h10-15,19-20,22,26H,16H2,1-9H3,(H,27,29)(H,30,31)/b17-15+/t19-,20-,22?/m1/s1. The summed E-state index contributed by atoms with van der Waals surface area (Å²) in [6.07, 6.45) is 1.19. The molecule has 1 amide bonds. The summed E-state index contributed by atoms with van der Waals surface area (Å²) in [4.78, 5) is 26.5. The number of carbonyl (C=O) groups excluding carboxylic acids is 1. The number of rotatable bonds is 11. The summed E-state index contributed by atoms with van der Waals surface area (Å²) in [7, 11) is 5.25. The maximum Gasteiger partial charge on any atom is 0.330 e. The van der Waals surface area contributed by atoms with Crippen molar-refractivity contribution in [1.82, 2.24) is 15.5 Å². The van der Waals surface area contributed by atoms with Gasteiger partial charge in [-0.2, -0.15) is 0 Å². The summed E-state index contributed by atoms with van der Waals surface area (Å²) in [5.74, 6) is -1.07. The fraction of sp³-hybridized carbons (Fsp3) is 0.600. The number of nitrogens with zero attached hydrogens (tertiary/aromatic N) is 1. The second kappa shape index (κ2) is 11.6. The number of carboxylic acids is 1. The monoisotopic (exact) mass is 447 g/mol. The van der Waals surface area contributed by atoms with E-state index >= 15 is 0 Å². The van der Waals surface area contributed by atoms with Crippen molar-refractivity contribution < 1.29 is 19.4 Å². The van der Waals surface area contributed by atoms with Crippen molar-refractivity contribution in [3.05, 3.63) is 47.5 Å². The molecule has 7 nitrogen and oxygen atoms in total. The third-order valence-electron chi connectivity index (χ3n) is 6.01. The molecule has 1 unspecified atom stereocenters. The number of nitrogens with one attached hydrogen (secondary N) is 2. The Morgan fingerprint density at radius 1 is 1.16 bits per heavy atom. The van der Waals surface area contributed by atoms with Gasteiger partial charge in [0.2, 0.25) is 5.91 Å². The van der Waals surface area contributed by atoms with Gasteiger partial charge in [0.1, 0.15) is 6.23 Å². The maximum atomic E-state index is 13.5. The van der Waals surface area contributed by atoms with Crippen LogP contribution in [0.2, 0.25) is 0 Å². The van der Waals surface area contributed by atoms with Gasteiger partial charge >= 0.3 is 5.97 Å². The number of ether oxygens (including phenoxy) is 1. The van der Waals surface area contributed by atoms with Crippen molar-refractivity contribution in [3.63, 3.8) is 0 Å². The number of aliphatic carboxylic acids is 1. The summed E-state index contributed by atoms with van der Waals surface area (Å²) in [5, 5.41) is 15.5. The number of likely N-dealkylation sites (N-methyl/N-ethyl adjacent to an activating group) is 2. The Hall–Kier alpha value is -2.22. The number of carbonyl (C=O) groups is 2. The molecule has 0 aliphatic rings. The zero-order chi connectivity index (χ0) is 24.7. The average Bonchev–Trinajstić information content (AvgIpc) is 2.71. The Balaban J connectivity index is 3.17. The minimum absolute atomic E-state index is 0.117. The Labute approximate surface area is 193 Å². The molecule has 0 saturated heterocycles. The molecule has 32 heavy (non-hydrogen) atoms. The molecule has 0 aliphatic carbocycles. The van der Waals surface area contributed by atoms with Gasteiger partial charge < -0.3 is 20.5 Å². The van der Waals surface area contributed by atoms with E-state index < -0.39 is 23.7 Å². The van der Waals surface area contributed by atoms with Gasteiger partial charge in [0.05, 0.1) is 12.1 Å². The molecular weight excluding hydrogens is 406 g/mol. The van der Waals surface area contributed by atoms with Gasteiger partial charge in [-0.05, 0) is 32.0 Å². The Kier molecular flexibility index (Phi) is 10.1. The number of amides is 1. The van der Waals surface area contributed by atoms with Crippen molar-refractivity contribution in [2.24, 2.45) is 5.41 Å². The average molecular weight is 448 g/mol. The number of benzene rings is 1. The first-order chi connectivity index (χ1) is 14.8. The Morgan fingerprint density at radius 3 is 2.16 bits per heavy atom. The van der Waals surface area contributed by atoms with E-state index in [1.807, 2.05) is 63.1 Å². The molecule has 0 saturated carbocycles. The van der Waals surface area contributed by atoms with Crippen LogP contribution in [-0.4, -0.2) is 67.9 Å². The minimum atomic E-state index is -0.951. The Bertz CT molecular complexity index is 784. The van der Waals surface area contributed by atoms with Crippen LogP contribution in [0.3, 0.4) is 0 Å². The van der Waals surface area contributed by atoms with E-state index in [0.717, 1.165) is 5.56 Å². The SMILES string of the molecule is CN[C@H](C(=O)N[C@H](C(OC)N(C)C/C=C(\C)C(=O)O)C(C)(C)C)C(C)(C)c1ccccc1. The first-order valence-corrected chi connectivity index (χ1v) is 10.9. The van der Waals surface area contributed by atoms with Crippen molar-refractivity contribution in [2.75, 3.05) is 27.7 Å². The third-order valence-corrected chi connectivity index (χ3v) is 6.01. The van der Waals surface area contributed by atoms with Crippen LogP contribution in [0.15, 0.2) is 42.0 Å². The molecule has 3 N–H and O–H groups in total. The van der Waals surface area contributed by atoms with Gasteiger partial charge in [-0.25, -0.2) is 4.79 Å². The van der Waals surface area contributed by atoms with Gasteiger partial charge in [0.25, 0.3) is 0 Å². The normalized spacial score (nSPS) is 15.9. The molecule has 0 bridgehead atoms. The van der Waals surface area contributed by atoms with Crippen molar-refractivity contribution in [3.8, 4) is 0 Å². The summed E-state index contributed by atoms with van der Waals surface area (Å²) < 4.78 is 5.79. The van der Waals surface area contributed by atoms with Crippen LogP contribution in [0.4, 0.5) is 0 Å². The highest BCUT2D eigenvalue weighted by Gasteiger charge is 2.41. The largest absolute Gasteiger partial charge is 0.478 e. The summed E-state index contributed by atoms with van der Waals surface area (Å²) in [6, 6.07) is 9.16. The fourth-order valence-electron chi connectivity index (χ4n) is 3.85. The number of hydrogen-bond donors (Lipinski definition) is 3. The molecule has 180 valence electrons. The van der Waals surface area contributed by atoms with Crippen molar-refractivity contribution in [2.45, 2.75) is 65.3 Å². The quantitative estimate of drug-likeness (QED) is 0.357. The lowest BCUT2D eigenvalue weighted by atomic mass is 9.76. The van der Waals surface area contributed by atoms with Crippen molar-refractivity contribution >= 4 is 11.9 Å². The van der Waals surface area contributed by atoms with Crippen LogP contribution in [0.25, 0.3) is 0 Å². The minimum Gasteiger partial charge on any atom is -0.478 e. The summed E-state index contributed by atoms with van der Waals surface area (Å²) in [6.45, 7) is 12.2. The first-order valence-electron chi connectivity index (χ1n) is 10.9.